The Labute approximate surface area is 115 Å². The van der Waals surface area contributed by atoms with Crippen LogP contribution >= 0.6 is 0 Å². The molecule has 5 heteroatoms. The number of hydrogen-bond acceptors (Lipinski definition) is 3. The Morgan fingerprint density at radius 2 is 2.10 bits per heavy atom. The highest BCUT2D eigenvalue weighted by molar-refractivity contribution is 6.08. The van der Waals surface area contributed by atoms with E-state index in [0.29, 0.717) is 16.9 Å². The summed E-state index contributed by atoms with van der Waals surface area (Å²) < 4.78 is 13.2. The van der Waals surface area contributed by atoms with Crippen molar-refractivity contribution in [1.82, 2.24) is 0 Å². The van der Waals surface area contributed by atoms with Crippen molar-refractivity contribution in [3.63, 3.8) is 0 Å². The molecule has 0 unspecified atom stereocenters. The summed E-state index contributed by atoms with van der Waals surface area (Å²) >= 11 is 0. The lowest BCUT2D eigenvalue weighted by Crippen LogP contribution is -2.15. The topological polar surface area (TPSA) is 78.9 Å². The number of nitrogen functional groups attached to an aromatic ring is 1. The number of benzene rings is 2. The number of nitrogens with two attached hydrogens (primary N) is 1. The minimum atomic E-state index is -0.624. The number of carbonyl (C=O) groups is 1. The Morgan fingerprint density at radius 1 is 1.35 bits per heavy atom. The van der Waals surface area contributed by atoms with Crippen molar-refractivity contribution < 1.29 is 9.18 Å². The zero-order valence-electron chi connectivity index (χ0n) is 10.8. The van der Waals surface area contributed by atoms with Crippen LogP contribution in [0.2, 0.25) is 0 Å². The van der Waals surface area contributed by atoms with Gasteiger partial charge in [0.1, 0.15) is 11.9 Å². The van der Waals surface area contributed by atoms with Gasteiger partial charge in [0.2, 0.25) is 0 Å². The van der Waals surface area contributed by atoms with Gasteiger partial charge in [-0.15, -0.1) is 0 Å². The molecule has 2 aromatic carbocycles. The maximum Gasteiger partial charge on any atom is 0.258 e. The average Bonchev–Trinajstić information content (AvgIpc) is 2.40. The van der Waals surface area contributed by atoms with Gasteiger partial charge >= 0.3 is 0 Å². The predicted octanol–water partition coefficient (Wildman–Crippen LogP) is 2.84. The predicted molar refractivity (Wildman–Crippen MR) is 74.7 cm³/mol. The molecule has 0 aliphatic heterocycles. The first kappa shape index (κ1) is 13.6. The van der Waals surface area contributed by atoms with Crippen LogP contribution in [0.3, 0.4) is 0 Å². The van der Waals surface area contributed by atoms with Crippen molar-refractivity contribution in [2.45, 2.75) is 6.92 Å². The summed E-state index contributed by atoms with van der Waals surface area (Å²) in [7, 11) is 0. The highest BCUT2D eigenvalue weighted by atomic mass is 19.1. The van der Waals surface area contributed by atoms with E-state index >= 15 is 0 Å². The largest absolute Gasteiger partial charge is 0.398 e. The number of halogens is 1. The van der Waals surface area contributed by atoms with E-state index in [9.17, 15) is 9.18 Å². The number of nitrogens with zero attached hydrogens (tertiary/aromatic N) is 1. The van der Waals surface area contributed by atoms with Crippen LogP contribution in [0.5, 0.6) is 0 Å². The van der Waals surface area contributed by atoms with E-state index < -0.39 is 11.7 Å². The fourth-order valence-electron chi connectivity index (χ4n) is 1.88. The quantitative estimate of drug-likeness (QED) is 0.823. The molecule has 0 aliphatic carbocycles. The van der Waals surface area contributed by atoms with E-state index in [2.05, 4.69) is 5.32 Å². The van der Waals surface area contributed by atoms with Crippen molar-refractivity contribution in [1.29, 1.82) is 5.26 Å². The zero-order chi connectivity index (χ0) is 14.7. The van der Waals surface area contributed by atoms with Crippen molar-refractivity contribution in [3.8, 4) is 6.07 Å². The SMILES string of the molecule is Cc1cccc(N)c1C(=O)Nc1ccc(F)c(C#N)c1. The minimum absolute atomic E-state index is 0.124. The summed E-state index contributed by atoms with van der Waals surface area (Å²) in [6.07, 6.45) is 0. The third-order valence-corrected chi connectivity index (χ3v) is 2.88. The summed E-state index contributed by atoms with van der Waals surface area (Å²) in [4.78, 5) is 12.2. The van der Waals surface area contributed by atoms with E-state index in [4.69, 9.17) is 11.0 Å². The summed E-state index contributed by atoms with van der Waals surface area (Å²) in [5.74, 6) is -1.02. The summed E-state index contributed by atoms with van der Waals surface area (Å²) in [5, 5.41) is 11.4. The number of aryl methyl sites for hydroxylation is 1. The van der Waals surface area contributed by atoms with Gasteiger partial charge in [0.25, 0.3) is 5.91 Å². The van der Waals surface area contributed by atoms with Crippen molar-refractivity contribution in [2.24, 2.45) is 0 Å². The molecule has 3 N–H and O–H groups in total. The van der Waals surface area contributed by atoms with Gasteiger partial charge in [0.15, 0.2) is 0 Å². The van der Waals surface area contributed by atoms with E-state index in [1.165, 1.54) is 12.1 Å². The lowest BCUT2D eigenvalue weighted by molar-refractivity contribution is 0.102. The molecule has 0 atom stereocenters. The molecule has 0 saturated heterocycles. The van der Waals surface area contributed by atoms with Gasteiger partial charge in [-0.1, -0.05) is 12.1 Å². The molecule has 0 radical (unpaired) electrons. The second kappa shape index (κ2) is 5.41. The zero-order valence-corrected chi connectivity index (χ0v) is 10.8. The first-order valence-corrected chi connectivity index (χ1v) is 5.89. The van der Waals surface area contributed by atoms with Crippen LogP contribution in [0.1, 0.15) is 21.5 Å². The van der Waals surface area contributed by atoms with Gasteiger partial charge in [-0.3, -0.25) is 4.79 Å². The Kier molecular flexibility index (Phi) is 3.67. The Balaban J connectivity index is 2.31. The van der Waals surface area contributed by atoms with E-state index in [-0.39, 0.29) is 5.56 Å². The first-order valence-electron chi connectivity index (χ1n) is 5.89. The number of hydrogen-bond donors (Lipinski definition) is 2. The average molecular weight is 269 g/mol. The molecular weight excluding hydrogens is 257 g/mol. The van der Waals surface area contributed by atoms with Gasteiger partial charge in [0, 0.05) is 11.4 Å². The van der Waals surface area contributed by atoms with Gasteiger partial charge in [-0.25, -0.2) is 4.39 Å². The molecule has 2 rings (SSSR count). The normalized spacial score (nSPS) is 9.85. The van der Waals surface area contributed by atoms with Gasteiger partial charge in [-0.2, -0.15) is 5.26 Å². The standard InChI is InChI=1S/C15H12FN3O/c1-9-3-2-4-13(18)14(9)15(20)19-11-5-6-12(16)10(7-11)8-17/h2-7H,18H2,1H3,(H,19,20). The van der Waals surface area contributed by atoms with Crippen LogP contribution in [0, 0.1) is 24.1 Å². The molecular formula is C15H12FN3O. The summed E-state index contributed by atoms with van der Waals surface area (Å²) in [6.45, 7) is 1.77. The summed E-state index contributed by atoms with van der Waals surface area (Å²) in [5.41, 5.74) is 7.48. The second-order valence-corrected chi connectivity index (χ2v) is 4.30. The van der Waals surface area contributed by atoms with Gasteiger partial charge < -0.3 is 11.1 Å². The molecule has 4 nitrogen and oxygen atoms in total. The van der Waals surface area contributed by atoms with Crippen LogP contribution in [0.4, 0.5) is 15.8 Å². The smallest absolute Gasteiger partial charge is 0.258 e. The third-order valence-electron chi connectivity index (χ3n) is 2.88. The van der Waals surface area contributed by atoms with E-state index in [1.807, 2.05) is 0 Å². The molecule has 0 aromatic heterocycles. The van der Waals surface area contributed by atoms with Crippen LogP contribution < -0.4 is 11.1 Å². The molecule has 0 aliphatic rings. The van der Waals surface area contributed by atoms with Crippen molar-refractivity contribution >= 4 is 17.3 Å². The number of rotatable bonds is 2. The highest BCUT2D eigenvalue weighted by Crippen LogP contribution is 2.19. The molecule has 0 fully saturated rings. The Hall–Kier alpha value is -2.87. The maximum absolute atomic E-state index is 13.2. The molecule has 0 spiro atoms. The number of nitriles is 1. The van der Waals surface area contributed by atoms with Crippen LogP contribution in [-0.4, -0.2) is 5.91 Å². The monoisotopic (exact) mass is 269 g/mol. The number of nitrogens with one attached hydrogen (secondary N) is 1. The number of carbonyl (C=O) groups excluding carboxylic acids is 1. The molecule has 100 valence electrons. The Morgan fingerprint density at radius 3 is 2.75 bits per heavy atom. The fourth-order valence-corrected chi connectivity index (χ4v) is 1.88. The summed E-state index contributed by atoms with van der Waals surface area (Å²) in [6, 6.07) is 10.7. The third kappa shape index (κ3) is 2.59. The van der Waals surface area contributed by atoms with Crippen molar-refractivity contribution in [2.75, 3.05) is 11.1 Å². The van der Waals surface area contributed by atoms with Gasteiger partial charge in [-0.05, 0) is 36.8 Å². The molecule has 2 aromatic rings. The van der Waals surface area contributed by atoms with Gasteiger partial charge in [0.05, 0.1) is 11.1 Å². The highest BCUT2D eigenvalue weighted by Gasteiger charge is 2.13. The minimum Gasteiger partial charge on any atom is -0.398 e. The number of amides is 1. The van der Waals surface area contributed by atoms with Crippen molar-refractivity contribution in [3.05, 3.63) is 58.9 Å². The lowest BCUT2D eigenvalue weighted by atomic mass is 10.1. The van der Waals surface area contributed by atoms with E-state index in [1.54, 1.807) is 31.2 Å². The van der Waals surface area contributed by atoms with E-state index in [0.717, 1.165) is 11.6 Å². The first-order chi connectivity index (χ1) is 9.52. The fraction of sp³-hybridized carbons (Fsp3) is 0.0667. The van der Waals surface area contributed by atoms with Crippen LogP contribution in [0.25, 0.3) is 0 Å². The molecule has 20 heavy (non-hydrogen) atoms. The Bertz CT molecular complexity index is 699. The maximum atomic E-state index is 13.2. The number of anilines is 2. The molecule has 0 bridgehead atoms. The molecule has 0 saturated carbocycles. The second-order valence-electron chi connectivity index (χ2n) is 4.30. The molecule has 0 heterocycles. The molecule has 1 amide bonds. The van der Waals surface area contributed by atoms with Crippen LogP contribution in [-0.2, 0) is 0 Å². The van der Waals surface area contributed by atoms with Crippen LogP contribution in [0.15, 0.2) is 36.4 Å². The lowest BCUT2D eigenvalue weighted by Gasteiger charge is -2.10.